The number of thiophene rings is 1. The molecule has 1 aromatic carbocycles. The molecule has 3 heteroatoms. The summed E-state index contributed by atoms with van der Waals surface area (Å²) in [6.07, 6.45) is 4.26. The van der Waals surface area contributed by atoms with Crippen molar-refractivity contribution in [1.29, 1.82) is 0 Å². The Hall–Kier alpha value is -0.900. The van der Waals surface area contributed by atoms with Gasteiger partial charge < -0.3 is 5.32 Å². The second-order valence-corrected chi connectivity index (χ2v) is 7.08. The first-order chi connectivity index (χ1) is 9.92. The van der Waals surface area contributed by atoms with Crippen molar-refractivity contribution in [3.05, 3.63) is 35.2 Å². The van der Waals surface area contributed by atoms with Crippen molar-refractivity contribution in [2.75, 3.05) is 26.2 Å². The molecule has 1 saturated heterocycles. The molecule has 1 saturated carbocycles. The molecule has 2 nitrogen and oxygen atoms in total. The zero-order chi connectivity index (χ0) is 13.4. The number of fused-ring (bicyclic) bond motifs is 1. The number of nitrogens with zero attached hydrogens (tertiary/aromatic N) is 1. The summed E-state index contributed by atoms with van der Waals surface area (Å²) in [6.45, 7) is 4.68. The highest BCUT2D eigenvalue weighted by Gasteiger charge is 2.31. The van der Waals surface area contributed by atoms with Crippen LogP contribution in [0.1, 0.15) is 30.9 Å². The molecule has 1 atom stereocenters. The average Bonchev–Trinajstić information content (AvgIpc) is 3.24. The highest BCUT2D eigenvalue weighted by Crippen LogP contribution is 2.43. The van der Waals surface area contributed by atoms with E-state index in [9.17, 15) is 0 Å². The summed E-state index contributed by atoms with van der Waals surface area (Å²) < 4.78 is 1.44. The van der Waals surface area contributed by atoms with Crippen LogP contribution in [0.4, 0.5) is 0 Å². The summed E-state index contributed by atoms with van der Waals surface area (Å²) in [5.41, 5.74) is 1.58. The predicted octanol–water partition coefficient (Wildman–Crippen LogP) is 3.65. The molecule has 1 aromatic heterocycles. The van der Waals surface area contributed by atoms with Gasteiger partial charge in [0.15, 0.2) is 0 Å². The second-order valence-electron chi connectivity index (χ2n) is 6.17. The Labute approximate surface area is 124 Å². The first kappa shape index (κ1) is 12.8. The van der Waals surface area contributed by atoms with Gasteiger partial charge in [-0.25, -0.2) is 0 Å². The Morgan fingerprint density at radius 3 is 2.80 bits per heavy atom. The van der Waals surface area contributed by atoms with Crippen LogP contribution in [-0.4, -0.2) is 31.1 Å². The molecule has 0 bridgehead atoms. The maximum atomic E-state index is 3.48. The Balaban J connectivity index is 1.68. The van der Waals surface area contributed by atoms with E-state index in [1.165, 1.54) is 42.4 Å². The lowest BCUT2D eigenvalue weighted by Crippen LogP contribution is -2.45. The Morgan fingerprint density at radius 1 is 1.20 bits per heavy atom. The zero-order valence-electron chi connectivity index (χ0n) is 11.8. The number of hydrogen-bond acceptors (Lipinski definition) is 3. The SMILES string of the molecule is c1ccc2c([C@H](CC3CC3)N3CCNCC3)csc2c1. The van der Waals surface area contributed by atoms with Crippen LogP contribution in [0, 0.1) is 5.92 Å². The van der Waals surface area contributed by atoms with Crippen LogP contribution in [0.2, 0.25) is 0 Å². The lowest BCUT2D eigenvalue weighted by molar-refractivity contribution is 0.162. The second kappa shape index (κ2) is 5.47. The summed E-state index contributed by atoms with van der Waals surface area (Å²) >= 11 is 1.91. The lowest BCUT2D eigenvalue weighted by atomic mass is 9.98. The quantitative estimate of drug-likeness (QED) is 0.923. The summed E-state index contributed by atoms with van der Waals surface area (Å²) in [6, 6.07) is 9.55. The fourth-order valence-electron chi connectivity index (χ4n) is 3.39. The molecular weight excluding hydrogens is 264 g/mol. The first-order valence-electron chi connectivity index (χ1n) is 7.83. The van der Waals surface area contributed by atoms with Gasteiger partial charge in [0.25, 0.3) is 0 Å². The minimum atomic E-state index is 0.640. The molecule has 1 aliphatic heterocycles. The van der Waals surface area contributed by atoms with Gasteiger partial charge in [-0.05, 0) is 34.7 Å². The molecule has 0 radical (unpaired) electrons. The van der Waals surface area contributed by atoms with Crippen LogP contribution in [0.25, 0.3) is 10.1 Å². The largest absolute Gasteiger partial charge is 0.314 e. The summed E-state index contributed by atoms with van der Waals surface area (Å²) in [7, 11) is 0. The fraction of sp³-hybridized carbons (Fsp3) is 0.529. The predicted molar refractivity (Wildman–Crippen MR) is 86.3 cm³/mol. The maximum absolute atomic E-state index is 3.48. The number of benzene rings is 1. The average molecular weight is 286 g/mol. The fourth-order valence-corrected chi connectivity index (χ4v) is 4.40. The third-order valence-corrected chi connectivity index (χ3v) is 5.70. The topological polar surface area (TPSA) is 15.3 Å². The maximum Gasteiger partial charge on any atom is 0.0366 e. The molecule has 0 amide bonds. The molecule has 2 aliphatic rings. The van der Waals surface area contributed by atoms with E-state index in [0.717, 1.165) is 19.0 Å². The minimum Gasteiger partial charge on any atom is -0.314 e. The van der Waals surface area contributed by atoms with Gasteiger partial charge in [0, 0.05) is 36.9 Å². The number of piperazine rings is 1. The third kappa shape index (κ3) is 2.50. The summed E-state index contributed by atoms with van der Waals surface area (Å²) in [4.78, 5) is 2.71. The number of nitrogens with one attached hydrogen (secondary N) is 1. The van der Waals surface area contributed by atoms with Crippen molar-refractivity contribution in [3.8, 4) is 0 Å². The monoisotopic (exact) mass is 286 g/mol. The molecule has 4 rings (SSSR count). The summed E-state index contributed by atoms with van der Waals surface area (Å²) in [5.74, 6) is 0.980. The van der Waals surface area contributed by atoms with Gasteiger partial charge in [-0.1, -0.05) is 31.0 Å². The van der Waals surface area contributed by atoms with E-state index in [1.54, 1.807) is 5.56 Å². The van der Waals surface area contributed by atoms with Gasteiger partial charge in [0.1, 0.15) is 0 Å². The standard InChI is InChI=1S/C17H22N2S/c1-2-4-17-14(3-1)15(12-20-17)16(11-13-5-6-13)19-9-7-18-8-10-19/h1-4,12-13,16,18H,5-11H2/t16-/m0/s1. The normalized spacial score (nSPS) is 22.2. The molecule has 106 valence electrons. The van der Waals surface area contributed by atoms with Crippen LogP contribution in [0.3, 0.4) is 0 Å². The molecule has 2 heterocycles. The minimum absolute atomic E-state index is 0.640. The Bertz CT molecular complexity index is 581. The van der Waals surface area contributed by atoms with Gasteiger partial charge in [0.2, 0.25) is 0 Å². The van der Waals surface area contributed by atoms with E-state index in [0.29, 0.717) is 6.04 Å². The molecule has 20 heavy (non-hydrogen) atoms. The number of hydrogen-bond donors (Lipinski definition) is 1. The van der Waals surface area contributed by atoms with Gasteiger partial charge >= 0.3 is 0 Å². The van der Waals surface area contributed by atoms with Crippen molar-refractivity contribution in [3.63, 3.8) is 0 Å². The Morgan fingerprint density at radius 2 is 2.00 bits per heavy atom. The van der Waals surface area contributed by atoms with Gasteiger partial charge in [0.05, 0.1) is 0 Å². The van der Waals surface area contributed by atoms with Crippen molar-refractivity contribution >= 4 is 21.4 Å². The molecule has 1 aliphatic carbocycles. The van der Waals surface area contributed by atoms with Crippen LogP contribution >= 0.6 is 11.3 Å². The van der Waals surface area contributed by atoms with Crippen LogP contribution in [0.15, 0.2) is 29.6 Å². The molecule has 2 aromatic rings. The molecule has 2 fully saturated rings. The number of rotatable bonds is 4. The molecule has 0 unspecified atom stereocenters. The molecule has 1 N–H and O–H groups in total. The highest BCUT2D eigenvalue weighted by atomic mass is 32.1. The van der Waals surface area contributed by atoms with Gasteiger partial charge in [-0.3, -0.25) is 4.90 Å². The van der Waals surface area contributed by atoms with Crippen LogP contribution < -0.4 is 5.32 Å². The highest BCUT2D eigenvalue weighted by molar-refractivity contribution is 7.17. The van der Waals surface area contributed by atoms with E-state index in [2.05, 4.69) is 39.9 Å². The van der Waals surface area contributed by atoms with Crippen molar-refractivity contribution < 1.29 is 0 Å². The van der Waals surface area contributed by atoms with Crippen molar-refractivity contribution in [2.24, 2.45) is 5.92 Å². The van der Waals surface area contributed by atoms with Crippen molar-refractivity contribution in [1.82, 2.24) is 10.2 Å². The smallest absolute Gasteiger partial charge is 0.0366 e. The Kier molecular flexibility index (Phi) is 3.51. The van der Waals surface area contributed by atoms with E-state index >= 15 is 0 Å². The van der Waals surface area contributed by atoms with Gasteiger partial charge in [-0.15, -0.1) is 11.3 Å². The van der Waals surface area contributed by atoms with E-state index in [4.69, 9.17) is 0 Å². The third-order valence-electron chi connectivity index (χ3n) is 4.72. The van der Waals surface area contributed by atoms with Gasteiger partial charge in [-0.2, -0.15) is 0 Å². The summed E-state index contributed by atoms with van der Waals surface area (Å²) in [5, 5.41) is 7.39. The van der Waals surface area contributed by atoms with E-state index in [-0.39, 0.29) is 0 Å². The van der Waals surface area contributed by atoms with E-state index < -0.39 is 0 Å². The first-order valence-corrected chi connectivity index (χ1v) is 8.70. The zero-order valence-corrected chi connectivity index (χ0v) is 12.7. The van der Waals surface area contributed by atoms with Crippen LogP contribution in [-0.2, 0) is 0 Å². The van der Waals surface area contributed by atoms with Crippen LogP contribution in [0.5, 0.6) is 0 Å². The lowest BCUT2D eigenvalue weighted by Gasteiger charge is -2.35. The van der Waals surface area contributed by atoms with Crippen molar-refractivity contribution in [2.45, 2.75) is 25.3 Å². The molecular formula is C17H22N2S. The van der Waals surface area contributed by atoms with E-state index in [1.807, 2.05) is 11.3 Å². The molecule has 0 spiro atoms.